The van der Waals surface area contributed by atoms with Gasteiger partial charge in [0.25, 0.3) is 0 Å². The Balaban J connectivity index is 1.75. The van der Waals surface area contributed by atoms with E-state index in [0.717, 1.165) is 29.7 Å². The van der Waals surface area contributed by atoms with Crippen LogP contribution in [-0.2, 0) is 9.47 Å². The van der Waals surface area contributed by atoms with Gasteiger partial charge in [0.05, 0.1) is 18.8 Å². The Labute approximate surface area is 160 Å². The first kappa shape index (κ1) is 20.9. The third-order valence-electron chi connectivity index (χ3n) is 3.98. The normalized spacial score (nSPS) is 10.6. The highest BCUT2D eigenvalue weighted by molar-refractivity contribution is 5.90. The Hall–Kier alpha value is -2.37. The zero-order valence-electron chi connectivity index (χ0n) is 15.9. The summed E-state index contributed by atoms with van der Waals surface area (Å²) in [5.74, 6) is 0.537. The van der Waals surface area contributed by atoms with Crippen LogP contribution in [0.2, 0.25) is 0 Å². The van der Waals surface area contributed by atoms with Crippen molar-refractivity contribution in [3.63, 3.8) is 0 Å². The first-order valence-corrected chi connectivity index (χ1v) is 9.43. The van der Waals surface area contributed by atoms with E-state index in [9.17, 15) is 4.79 Å². The lowest BCUT2D eigenvalue weighted by molar-refractivity contribution is 0.0526. The van der Waals surface area contributed by atoms with Gasteiger partial charge in [0.15, 0.2) is 0 Å². The molecule has 2 aromatic carbocycles. The molecule has 0 saturated carbocycles. The molecular weight excluding hydrogens is 344 g/mol. The van der Waals surface area contributed by atoms with Gasteiger partial charge in [-0.25, -0.2) is 4.79 Å². The van der Waals surface area contributed by atoms with E-state index in [1.54, 1.807) is 19.1 Å². The van der Waals surface area contributed by atoms with Crippen LogP contribution < -0.4 is 4.74 Å². The molecular formula is C22H28O5. The number of unbranched alkanes of at least 4 members (excludes halogenated alkanes) is 1. The number of rotatable bonds is 12. The Morgan fingerprint density at radius 2 is 1.44 bits per heavy atom. The summed E-state index contributed by atoms with van der Waals surface area (Å²) in [6.45, 7) is 4.30. The Morgan fingerprint density at radius 1 is 0.852 bits per heavy atom. The van der Waals surface area contributed by atoms with E-state index in [-0.39, 0.29) is 12.6 Å². The molecule has 2 aromatic rings. The molecule has 0 amide bonds. The van der Waals surface area contributed by atoms with Crippen molar-refractivity contribution in [1.29, 1.82) is 0 Å². The molecule has 0 aliphatic carbocycles. The van der Waals surface area contributed by atoms with Gasteiger partial charge in [-0.3, -0.25) is 0 Å². The van der Waals surface area contributed by atoms with Gasteiger partial charge in [-0.2, -0.15) is 0 Å². The van der Waals surface area contributed by atoms with E-state index in [0.29, 0.717) is 38.4 Å². The number of ether oxygens (including phenoxy) is 3. The summed E-state index contributed by atoms with van der Waals surface area (Å²) in [6.07, 6.45) is 2.56. The molecule has 5 heteroatoms. The highest BCUT2D eigenvalue weighted by Crippen LogP contribution is 2.23. The second-order valence-electron chi connectivity index (χ2n) is 6.07. The smallest absolute Gasteiger partial charge is 0.338 e. The van der Waals surface area contributed by atoms with E-state index in [1.165, 1.54) is 0 Å². The molecule has 0 unspecified atom stereocenters. The van der Waals surface area contributed by atoms with Crippen molar-refractivity contribution < 1.29 is 24.1 Å². The van der Waals surface area contributed by atoms with Gasteiger partial charge in [0, 0.05) is 19.8 Å². The molecule has 0 fully saturated rings. The van der Waals surface area contributed by atoms with Gasteiger partial charge in [-0.1, -0.05) is 24.3 Å². The highest BCUT2D eigenvalue weighted by atomic mass is 16.5. The number of carbonyl (C=O) groups excluding carboxylic acids is 1. The molecule has 0 aliphatic heterocycles. The summed E-state index contributed by atoms with van der Waals surface area (Å²) in [6, 6.07) is 15.3. The summed E-state index contributed by atoms with van der Waals surface area (Å²) >= 11 is 0. The van der Waals surface area contributed by atoms with Crippen LogP contribution in [0.3, 0.4) is 0 Å². The number of hydrogen-bond donors (Lipinski definition) is 1. The number of benzene rings is 2. The quantitative estimate of drug-likeness (QED) is 0.449. The monoisotopic (exact) mass is 372 g/mol. The van der Waals surface area contributed by atoms with E-state index < -0.39 is 0 Å². The van der Waals surface area contributed by atoms with Crippen molar-refractivity contribution in [2.45, 2.75) is 26.2 Å². The van der Waals surface area contributed by atoms with Crippen molar-refractivity contribution in [3.05, 3.63) is 54.1 Å². The molecule has 2 rings (SSSR count). The van der Waals surface area contributed by atoms with Gasteiger partial charge in [-0.15, -0.1) is 0 Å². The van der Waals surface area contributed by atoms with E-state index >= 15 is 0 Å². The fourth-order valence-electron chi connectivity index (χ4n) is 2.52. The van der Waals surface area contributed by atoms with E-state index in [1.807, 2.05) is 36.4 Å². The fourth-order valence-corrected chi connectivity index (χ4v) is 2.52. The Bertz CT molecular complexity index is 664. The lowest BCUT2D eigenvalue weighted by atomic mass is 10.0. The average molecular weight is 372 g/mol. The summed E-state index contributed by atoms with van der Waals surface area (Å²) in [5, 5.41) is 8.66. The third-order valence-corrected chi connectivity index (χ3v) is 3.98. The molecule has 0 radical (unpaired) electrons. The van der Waals surface area contributed by atoms with E-state index in [2.05, 4.69) is 0 Å². The summed E-state index contributed by atoms with van der Waals surface area (Å²) in [7, 11) is 0. The lowest BCUT2D eigenvalue weighted by Gasteiger charge is -2.08. The summed E-state index contributed by atoms with van der Waals surface area (Å²) < 4.78 is 16.1. The van der Waals surface area contributed by atoms with Gasteiger partial charge in [0.2, 0.25) is 0 Å². The van der Waals surface area contributed by atoms with Crippen LogP contribution in [-0.4, -0.2) is 44.1 Å². The molecule has 0 spiro atoms. The molecule has 146 valence electrons. The molecule has 0 bridgehead atoms. The second-order valence-corrected chi connectivity index (χ2v) is 6.07. The summed E-state index contributed by atoms with van der Waals surface area (Å²) in [5.41, 5.74) is 2.66. The van der Waals surface area contributed by atoms with Crippen LogP contribution in [0.1, 0.15) is 36.5 Å². The maximum atomic E-state index is 11.7. The second kappa shape index (κ2) is 12.1. The number of aliphatic hydroxyl groups excluding tert-OH is 1. The van der Waals surface area contributed by atoms with Crippen molar-refractivity contribution in [2.75, 3.05) is 33.0 Å². The SMILES string of the molecule is CCOC(=O)c1ccc(-c2ccc(OCCCCOCCCO)cc2)cc1. The minimum atomic E-state index is -0.299. The standard InChI is InChI=1S/C22H28O5/c1-2-26-22(24)20-8-6-18(7-9-20)19-10-12-21(13-11-19)27-17-4-3-15-25-16-5-14-23/h6-13,23H,2-5,14-17H2,1H3. The van der Waals surface area contributed by atoms with Crippen LogP contribution in [0.4, 0.5) is 0 Å². The predicted octanol–water partition coefficient (Wildman–Crippen LogP) is 4.09. The van der Waals surface area contributed by atoms with Crippen LogP contribution in [0, 0.1) is 0 Å². The van der Waals surface area contributed by atoms with Crippen molar-refractivity contribution in [1.82, 2.24) is 0 Å². The van der Waals surface area contributed by atoms with E-state index in [4.69, 9.17) is 19.3 Å². The third kappa shape index (κ3) is 7.41. The maximum absolute atomic E-state index is 11.7. The molecule has 0 aliphatic rings. The zero-order valence-corrected chi connectivity index (χ0v) is 15.9. The van der Waals surface area contributed by atoms with Crippen LogP contribution in [0.5, 0.6) is 5.75 Å². The molecule has 0 atom stereocenters. The van der Waals surface area contributed by atoms with Crippen molar-refractivity contribution in [3.8, 4) is 16.9 Å². The van der Waals surface area contributed by atoms with Gasteiger partial charge in [0.1, 0.15) is 5.75 Å². The molecule has 5 nitrogen and oxygen atoms in total. The fraction of sp³-hybridized carbons (Fsp3) is 0.409. The maximum Gasteiger partial charge on any atom is 0.338 e. The minimum absolute atomic E-state index is 0.175. The Morgan fingerprint density at radius 3 is 2.07 bits per heavy atom. The van der Waals surface area contributed by atoms with Crippen molar-refractivity contribution in [2.24, 2.45) is 0 Å². The molecule has 0 saturated heterocycles. The van der Waals surface area contributed by atoms with Crippen molar-refractivity contribution >= 4 is 5.97 Å². The Kier molecular flexibility index (Phi) is 9.38. The van der Waals surface area contributed by atoms with Crippen LogP contribution >= 0.6 is 0 Å². The molecule has 0 heterocycles. The van der Waals surface area contributed by atoms with Crippen LogP contribution in [0.25, 0.3) is 11.1 Å². The van der Waals surface area contributed by atoms with Gasteiger partial charge in [-0.05, 0) is 61.6 Å². The number of hydrogen-bond acceptors (Lipinski definition) is 5. The lowest BCUT2D eigenvalue weighted by Crippen LogP contribution is -2.04. The average Bonchev–Trinajstić information content (AvgIpc) is 2.71. The number of carbonyl (C=O) groups is 1. The molecule has 0 aromatic heterocycles. The molecule has 27 heavy (non-hydrogen) atoms. The van der Waals surface area contributed by atoms with Gasteiger partial charge >= 0.3 is 5.97 Å². The number of aliphatic hydroxyl groups is 1. The predicted molar refractivity (Wildman–Crippen MR) is 105 cm³/mol. The van der Waals surface area contributed by atoms with Crippen LogP contribution in [0.15, 0.2) is 48.5 Å². The van der Waals surface area contributed by atoms with Gasteiger partial charge < -0.3 is 19.3 Å². The first-order valence-electron chi connectivity index (χ1n) is 9.43. The molecule has 1 N–H and O–H groups in total. The zero-order chi connectivity index (χ0) is 19.3. The minimum Gasteiger partial charge on any atom is -0.494 e. The first-order chi connectivity index (χ1) is 13.2. The summed E-state index contributed by atoms with van der Waals surface area (Å²) in [4.78, 5) is 11.7. The highest BCUT2D eigenvalue weighted by Gasteiger charge is 2.06. The largest absolute Gasteiger partial charge is 0.494 e. The topological polar surface area (TPSA) is 65.0 Å². The number of esters is 1.